The van der Waals surface area contributed by atoms with Crippen LogP contribution in [0.4, 0.5) is 5.82 Å². The van der Waals surface area contributed by atoms with Crippen LogP contribution in [0.5, 0.6) is 0 Å². The molecule has 0 unspecified atom stereocenters. The van der Waals surface area contributed by atoms with E-state index >= 15 is 0 Å². The lowest BCUT2D eigenvalue weighted by atomic mass is 9.81. The maximum Gasteiger partial charge on any atom is 0.326 e. The monoisotopic (exact) mass is 393 g/mol. The van der Waals surface area contributed by atoms with Gasteiger partial charge in [0.15, 0.2) is 6.10 Å². The van der Waals surface area contributed by atoms with Crippen LogP contribution in [0.2, 0.25) is 5.02 Å². The molecule has 1 aliphatic heterocycles. The Morgan fingerprint density at radius 3 is 2.44 bits per heavy atom. The fourth-order valence-corrected chi connectivity index (χ4v) is 3.59. The predicted molar refractivity (Wildman–Crippen MR) is 95.6 cm³/mol. The van der Waals surface area contributed by atoms with E-state index in [2.05, 4.69) is 10.3 Å². The minimum absolute atomic E-state index is 0.265. The number of carbonyl (C=O) groups is 4. The fourth-order valence-electron chi connectivity index (χ4n) is 3.48. The Morgan fingerprint density at radius 1 is 1.26 bits per heavy atom. The number of likely N-dealkylation sites (tertiary alicyclic amines) is 1. The van der Waals surface area contributed by atoms with E-state index < -0.39 is 24.5 Å². The summed E-state index contributed by atoms with van der Waals surface area (Å²) < 4.78 is 5.07. The summed E-state index contributed by atoms with van der Waals surface area (Å²) in [6.45, 7) is 0.929. The van der Waals surface area contributed by atoms with Gasteiger partial charge in [-0.1, -0.05) is 24.4 Å². The molecule has 1 saturated carbocycles. The molecule has 144 valence electrons. The lowest BCUT2D eigenvalue weighted by Gasteiger charge is -2.19. The first-order valence-electron chi connectivity index (χ1n) is 8.84. The van der Waals surface area contributed by atoms with E-state index in [1.165, 1.54) is 19.2 Å². The summed E-state index contributed by atoms with van der Waals surface area (Å²) in [5.74, 6) is -2.39. The van der Waals surface area contributed by atoms with Crippen LogP contribution in [-0.4, -0.2) is 46.2 Å². The summed E-state index contributed by atoms with van der Waals surface area (Å²) in [7, 11) is 0. The van der Waals surface area contributed by atoms with Gasteiger partial charge in [-0.2, -0.15) is 0 Å². The molecule has 1 aromatic heterocycles. The number of ether oxygens (including phenoxy) is 1. The van der Waals surface area contributed by atoms with E-state index in [-0.39, 0.29) is 29.5 Å². The average molecular weight is 394 g/mol. The third-order valence-corrected chi connectivity index (χ3v) is 5.10. The van der Waals surface area contributed by atoms with Crippen LogP contribution < -0.4 is 5.32 Å². The maximum absolute atomic E-state index is 12.4. The van der Waals surface area contributed by atoms with Gasteiger partial charge >= 0.3 is 5.97 Å². The minimum Gasteiger partial charge on any atom is -0.451 e. The normalized spacial score (nSPS) is 23.0. The second-order valence-corrected chi connectivity index (χ2v) is 7.18. The smallest absolute Gasteiger partial charge is 0.326 e. The van der Waals surface area contributed by atoms with Gasteiger partial charge in [0.25, 0.3) is 5.91 Å². The van der Waals surface area contributed by atoms with Crippen LogP contribution in [0.3, 0.4) is 0 Å². The van der Waals surface area contributed by atoms with Crippen LogP contribution in [0.1, 0.15) is 32.6 Å². The topological polar surface area (TPSA) is 106 Å². The van der Waals surface area contributed by atoms with Crippen molar-refractivity contribution in [3.05, 3.63) is 23.4 Å². The summed E-state index contributed by atoms with van der Waals surface area (Å²) >= 11 is 5.73. The summed E-state index contributed by atoms with van der Waals surface area (Å²) in [6, 6.07) is 3.07. The molecule has 0 spiro atoms. The molecule has 0 aromatic carbocycles. The van der Waals surface area contributed by atoms with E-state index in [0.29, 0.717) is 17.9 Å². The van der Waals surface area contributed by atoms with Crippen molar-refractivity contribution in [3.8, 4) is 0 Å². The van der Waals surface area contributed by atoms with Crippen molar-refractivity contribution < 1.29 is 23.9 Å². The lowest BCUT2D eigenvalue weighted by molar-refractivity contribution is -0.158. The Morgan fingerprint density at radius 2 is 1.89 bits per heavy atom. The van der Waals surface area contributed by atoms with E-state index in [4.69, 9.17) is 16.3 Å². The number of rotatable bonds is 5. The van der Waals surface area contributed by atoms with E-state index in [0.717, 1.165) is 17.7 Å². The van der Waals surface area contributed by atoms with Gasteiger partial charge in [-0.3, -0.25) is 24.1 Å². The molecule has 1 aromatic rings. The van der Waals surface area contributed by atoms with Crippen LogP contribution in [0.25, 0.3) is 0 Å². The molecule has 2 fully saturated rings. The number of hydrogen-bond acceptors (Lipinski definition) is 6. The van der Waals surface area contributed by atoms with Gasteiger partial charge in [0.05, 0.1) is 16.9 Å². The van der Waals surface area contributed by atoms with Gasteiger partial charge in [-0.25, -0.2) is 4.98 Å². The Hall–Kier alpha value is -2.48. The number of esters is 1. The molecule has 9 heteroatoms. The predicted octanol–water partition coefficient (Wildman–Crippen LogP) is 1.78. The quantitative estimate of drug-likeness (QED) is 0.603. The molecular formula is C18H20ClN3O5. The number of imide groups is 1. The SMILES string of the molecule is C[C@@H](OC(=O)CN1C(=O)[C@H]2CCCC[C@H]2C1=O)C(=O)Nc1ccc(Cl)cn1. The summed E-state index contributed by atoms with van der Waals surface area (Å²) in [6.07, 6.45) is 3.44. The molecule has 3 rings (SSSR count). The molecule has 1 N–H and O–H groups in total. The van der Waals surface area contributed by atoms with Crippen molar-refractivity contribution in [2.75, 3.05) is 11.9 Å². The molecule has 1 saturated heterocycles. The molecule has 8 nitrogen and oxygen atoms in total. The molecule has 1 aliphatic carbocycles. The van der Waals surface area contributed by atoms with Crippen molar-refractivity contribution in [3.63, 3.8) is 0 Å². The zero-order valence-corrected chi connectivity index (χ0v) is 15.6. The summed E-state index contributed by atoms with van der Waals surface area (Å²) in [4.78, 5) is 53.9. The lowest BCUT2D eigenvalue weighted by Crippen LogP contribution is -2.39. The molecule has 27 heavy (non-hydrogen) atoms. The van der Waals surface area contributed by atoms with Gasteiger partial charge in [-0.15, -0.1) is 0 Å². The third kappa shape index (κ3) is 4.27. The summed E-state index contributed by atoms with van der Waals surface area (Å²) in [5, 5.41) is 2.92. The summed E-state index contributed by atoms with van der Waals surface area (Å²) in [5.41, 5.74) is 0. The number of fused-ring (bicyclic) bond motifs is 1. The second kappa shape index (κ2) is 8.04. The first kappa shape index (κ1) is 19.3. The average Bonchev–Trinajstić information content (AvgIpc) is 2.89. The number of aromatic nitrogens is 1. The van der Waals surface area contributed by atoms with Gasteiger partial charge in [-0.05, 0) is 31.9 Å². The molecule has 3 amide bonds. The van der Waals surface area contributed by atoms with Gasteiger partial charge in [0.2, 0.25) is 11.8 Å². The Kier molecular flexibility index (Phi) is 5.74. The van der Waals surface area contributed by atoms with Crippen molar-refractivity contribution in [2.24, 2.45) is 11.8 Å². The zero-order chi connectivity index (χ0) is 19.6. The highest BCUT2D eigenvalue weighted by Gasteiger charge is 2.48. The number of amides is 3. The highest BCUT2D eigenvalue weighted by molar-refractivity contribution is 6.30. The number of pyridine rings is 1. The highest BCUT2D eigenvalue weighted by atomic mass is 35.5. The Labute approximate surface area is 161 Å². The van der Waals surface area contributed by atoms with Crippen LogP contribution >= 0.6 is 11.6 Å². The van der Waals surface area contributed by atoms with E-state index in [1.807, 2.05) is 0 Å². The number of halogens is 1. The zero-order valence-electron chi connectivity index (χ0n) is 14.8. The number of hydrogen-bond donors (Lipinski definition) is 1. The molecule has 2 aliphatic rings. The van der Waals surface area contributed by atoms with E-state index in [1.54, 1.807) is 6.07 Å². The maximum atomic E-state index is 12.4. The number of nitrogens with zero attached hydrogens (tertiary/aromatic N) is 2. The van der Waals surface area contributed by atoms with Crippen molar-refractivity contribution in [1.82, 2.24) is 9.88 Å². The van der Waals surface area contributed by atoms with Crippen molar-refractivity contribution >= 4 is 41.1 Å². The fraction of sp³-hybridized carbons (Fsp3) is 0.500. The molecule has 0 radical (unpaired) electrons. The van der Waals surface area contributed by atoms with Crippen molar-refractivity contribution in [1.29, 1.82) is 0 Å². The van der Waals surface area contributed by atoms with Gasteiger partial charge in [0, 0.05) is 6.20 Å². The van der Waals surface area contributed by atoms with Crippen LogP contribution in [-0.2, 0) is 23.9 Å². The molecule has 0 bridgehead atoms. The highest BCUT2D eigenvalue weighted by Crippen LogP contribution is 2.37. The first-order valence-corrected chi connectivity index (χ1v) is 9.21. The molecule has 2 heterocycles. The van der Waals surface area contributed by atoms with Gasteiger partial charge in [0.1, 0.15) is 12.4 Å². The second-order valence-electron chi connectivity index (χ2n) is 6.74. The number of carbonyl (C=O) groups excluding carboxylic acids is 4. The molecular weight excluding hydrogens is 374 g/mol. The van der Waals surface area contributed by atoms with Crippen LogP contribution in [0, 0.1) is 11.8 Å². The number of anilines is 1. The van der Waals surface area contributed by atoms with Crippen LogP contribution in [0.15, 0.2) is 18.3 Å². The van der Waals surface area contributed by atoms with E-state index in [9.17, 15) is 19.2 Å². The first-order chi connectivity index (χ1) is 12.9. The van der Waals surface area contributed by atoms with Gasteiger partial charge < -0.3 is 10.1 Å². The Bertz CT molecular complexity index is 743. The van der Waals surface area contributed by atoms with Crippen molar-refractivity contribution in [2.45, 2.75) is 38.7 Å². The Balaban J connectivity index is 1.53. The minimum atomic E-state index is -1.11. The number of nitrogens with one attached hydrogen (secondary N) is 1. The third-order valence-electron chi connectivity index (χ3n) is 4.88. The molecule has 3 atom stereocenters. The standard InChI is InChI=1S/C18H20ClN3O5/c1-10(16(24)21-14-7-6-11(19)8-20-14)27-15(23)9-22-17(25)12-4-2-3-5-13(12)18(22)26/h6-8,10,12-13H,2-5,9H2,1H3,(H,20,21,24)/t10-,12-,13+/m1/s1. The largest absolute Gasteiger partial charge is 0.451 e.